The number of hydrogen-bond acceptors (Lipinski definition) is 3. The van der Waals surface area contributed by atoms with E-state index in [2.05, 4.69) is 6.92 Å². The Hall–Kier alpha value is -1.04. The number of methoxy groups -OCH3 is 2. The van der Waals surface area contributed by atoms with Crippen LogP contribution in [0.3, 0.4) is 0 Å². The van der Waals surface area contributed by atoms with E-state index >= 15 is 0 Å². The van der Waals surface area contributed by atoms with Crippen LogP contribution in [0.5, 0.6) is 0 Å². The van der Waals surface area contributed by atoms with Crippen LogP contribution >= 0.6 is 0 Å². The Morgan fingerprint density at radius 2 is 1.60 bits per heavy atom. The Bertz CT molecular complexity index is 490. The van der Waals surface area contributed by atoms with Crippen LogP contribution in [0.1, 0.15) is 63.9 Å². The van der Waals surface area contributed by atoms with Crippen LogP contribution in [-0.2, 0) is 15.9 Å². The fourth-order valence-electron chi connectivity index (χ4n) is 3.13. The molecule has 1 rings (SSSR count). The number of unbranched alkanes of at least 4 members (excludes halogenated alkanes) is 5. The Balaban J connectivity index is 2.59. The van der Waals surface area contributed by atoms with Crippen molar-refractivity contribution in [1.82, 2.24) is 0 Å². The first-order valence-corrected chi connectivity index (χ1v) is 9.23. The molecule has 1 N–H and O–H groups in total. The fraction of sp³-hybridized carbons (Fsp3) is 0.700. The first-order chi connectivity index (χ1) is 12.0. The molecule has 0 bridgehead atoms. The molecule has 3 nitrogen and oxygen atoms in total. The van der Waals surface area contributed by atoms with Crippen molar-refractivity contribution < 1.29 is 23.4 Å². The number of aryl methyl sites for hydroxylation is 1. The van der Waals surface area contributed by atoms with E-state index in [1.165, 1.54) is 46.0 Å². The lowest BCUT2D eigenvalue weighted by molar-refractivity contribution is -0.369. The van der Waals surface area contributed by atoms with E-state index < -0.39 is 17.6 Å². The lowest BCUT2D eigenvalue weighted by atomic mass is 9.91. The van der Waals surface area contributed by atoms with E-state index in [1.54, 1.807) is 6.07 Å². The first-order valence-electron chi connectivity index (χ1n) is 9.23. The van der Waals surface area contributed by atoms with Crippen molar-refractivity contribution in [2.75, 3.05) is 14.2 Å². The summed E-state index contributed by atoms with van der Waals surface area (Å²) in [5.74, 6) is -3.58. The maximum absolute atomic E-state index is 13.3. The van der Waals surface area contributed by atoms with Gasteiger partial charge in [0.25, 0.3) is 5.97 Å². The zero-order valence-corrected chi connectivity index (χ0v) is 15.7. The number of benzene rings is 1. The second-order valence-corrected chi connectivity index (χ2v) is 6.58. The van der Waals surface area contributed by atoms with Crippen LogP contribution < -0.4 is 0 Å². The lowest BCUT2D eigenvalue weighted by Crippen LogP contribution is -2.42. The molecule has 0 radical (unpaired) electrons. The summed E-state index contributed by atoms with van der Waals surface area (Å²) in [7, 11) is 2.82. The second-order valence-electron chi connectivity index (χ2n) is 6.58. The van der Waals surface area contributed by atoms with Gasteiger partial charge in [0.05, 0.1) is 0 Å². The van der Waals surface area contributed by atoms with Gasteiger partial charge in [-0.2, -0.15) is 0 Å². The van der Waals surface area contributed by atoms with Gasteiger partial charge in [0.1, 0.15) is 0 Å². The van der Waals surface area contributed by atoms with Crippen molar-refractivity contribution in [1.29, 1.82) is 0 Å². The van der Waals surface area contributed by atoms with Crippen molar-refractivity contribution in [2.24, 2.45) is 5.92 Å². The third kappa shape index (κ3) is 7.38. The molecule has 1 unspecified atom stereocenters. The maximum atomic E-state index is 13.3. The van der Waals surface area contributed by atoms with Crippen LogP contribution in [0.4, 0.5) is 8.78 Å². The number of ether oxygens (including phenoxy) is 2. The zero-order valence-electron chi connectivity index (χ0n) is 15.7. The smallest absolute Gasteiger partial charge is 0.282 e. The molecule has 0 aliphatic heterocycles. The molecule has 25 heavy (non-hydrogen) atoms. The van der Waals surface area contributed by atoms with E-state index in [4.69, 9.17) is 9.47 Å². The van der Waals surface area contributed by atoms with Crippen LogP contribution in [-0.4, -0.2) is 25.3 Å². The molecule has 0 aliphatic rings. The largest absolute Gasteiger partial charge is 0.343 e. The van der Waals surface area contributed by atoms with Gasteiger partial charge >= 0.3 is 0 Å². The van der Waals surface area contributed by atoms with Crippen LogP contribution in [0.15, 0.2) is 18.2 Å². The summed E-state index contributed by atoms with van der Waals surface area (Å²) in [4.78, 5) is 0. The standard InChI is InChI=1S/C20H32F2O3/c1-4-5-6-7-8-9-10-17(20(23,24-2)25-3)13-11-16-12-14-18(21)19(22)15-16/h12,14-15,17,23H,4-11,13H2,1-3H3. The van der Waals surface area contributed by atoms with E-state index in [9.17, 15) is 13.9 Å². The highest BCUT2D eigenvalue weighted by atomic mass is 19.2. The second kappa shape index (κ2) is 11.6. The van der Waals surface area contributed by atoms with E-state index in [1.807, 2.05) is 0 Å². The van der Waals surface area contributed by atoms with E-state index in [0.29, 0.717) is 18.4 Å². The van der Waals surface area contributed by atoms with Crippen molar-refractivity contribution >= 4 is 0 Å². The SMILES string of the molecule is CCCCCCCCC(CCc1ccc(F)c(F)c1)C(O)(OC)OC. The monoisotopic (exact) mass is 358 g/mol. The molecule has 5 heteroatoms. The highest BCUT2D eigenvalue weighted by Crippen LogP contribution is 2.30. The third-order valence-electron chi connectivity index (χ3n) is 4.77. The molecule has 0 saturated carbocycles. The molecular weight excluding hydrogens is 326 g/mol. The maximum Gasteiger partial charge on any atom is 0.282 e. The number of hydrogen-bond donors (Lipinski definition) is 1. The molecule has 1 atom stereocenters. The summed E-state index contributed by atoms with van der Waals surface area (Å²) in [5, 5.41) is 10.5. The molecular formula is C20H32F2O3. The van der Waals surface area contributed by atoms with Crippen molar-refractivity contribution in [3.8, 4) is 0 Å². The van der Waals surface area contributed by atoms with Gasteiger partial charge in [0.15, 0.2) is 11.6 Å². The Kier molecular flexibility index (Phi) is 10.2. The van der Waals surface area contributed by atoms with E-state index in [0.717, 1.165) is 25.3 Å². The van der Waals surface area contributed by atoms with Gasteiger partial charge < -0.3 is 14.6 Å². The summed E-state index contributed by atoms with van der Waals surface area (Å²) in [6.07, 6.45) is 8.80. The molecule has 0 spiro atoms. The minimum Gasteiger partial charge on any atom is -0.343 e. The highest BCUT2D eigenvalue weighted by molar-refractivity contribution is 5.17. The average Bonchev–Trinajstić information content (AvgIpc) is 2.62. The molecule has 144 valence electrons. The summed E-state index contributed by atoms with van der Waals surface area (Å²) >= 11 is 0. The summed E-state index contributed by atoms with van der Waals surface area (Å²) in [5.41, 5.74) is 0.696. The van der Waals surface area contributed by atoms with Gasteiger partial charge in [-0.25, -0.2) is 8.78 Å². The van der Waals surface area contributed by atoms with Crippen LogP contribution in [0.25, 0.3) is 0 Å². The number of rotatable bonds is 13. The highest BCUT2D eigenvalue weighted by Gasteiger charge is 2.36. The third-order valence-corrected chi connectivity index (χ3v) is 4.77. The topological polar surface area (TPSA) is 38.7 Å². The predicted molar refractivity (Wildman–Crippen MR) is 95.1 cm³/mol. The van der Waals surface area contributed by atoms with Crippen molar-refractivity contribution in [3.05, 3.63) is 35.4 Å². The molecule has 1 aromatic carbocycles. The molecule has 0 heterocycles. The van der Waals surface area contributed by atoms with Crippen LogP contribution in [0, 0.1) is 17.6 Å². The Morgan fingerprint density at radius 3 is 2.20 bits per heavy atom. The minimum atomic E-state index is -1.65. The normalized spacial score (nSPS) is 13.2. The molecule has 1 aromatic rings. The van der Waals surface area contributed by atoms with Crippen molar-refractivity contribution in [2.45, 2.75) is 70.7 Å². The summed E-state index contributed by atoms with van der Waals surface area (Å²) < 4.78 is 36.7. The minimum absolute atomic E-state index is 0.234. The fourth-order valence-corrected chi connectivity index (χ4v) is 3.13. The molecule has 0 aliphatic carbocycles. The van der Waals surface area contributed by atoms with Gasteiger partial charge in [-0.15, -0.1) is 0 Å². The quantitative estimate of drug-likeness (QED) is 0.389. The van der Waals surface area contributed by atoms with Gasteiger partial charge in [-0.3, -0.25) is 0 Å². The van der Waals surface area contributed by atoms with Crippen molar-refractivity contribution in [3.63, 3.8) is 0 Å². The summed E-state index contributed by atoms with van der Waals surface area (Å²) in [6, 6.07) is 3.90. The molecule has 0 fully saturated rings. The summed E-state index contributed by atoms with van der Waals surface area (Å²) in [6.45, 7) is 2.19. The molecule has 0 aromatic heterocycles. The molecule has 0 saturated heterocycles. The van der Waals surface area contributed by atoms with Crippen LogP contribution in [0.2, 0.25) is 0 Å². The Labute approximate surface area is 150 Å². The first kappa shape index (κ1) is 22.0. The van der Waals surface area contributed by atoms with Gasteiger partial charge in [-0.05, 0) is 37.0 Å². The van der Waals surface area contributed by atoms with Gasteiger partial charge in [0.2, 0.25) is 0 Å². The van der Waals surface area contributed by atoms with Gasteiger partial charge in [-0.1, -0.05) is 51.5 Å². The Morgan fingerprint density at radius 1 is 0.960 bits per heavy atom. The van der Waals surface area contributed by atoms with E-state index in [-0.39, 0.29) is 5.92 Å². The van der Waals surface area contributed by atoms with Gasteiger partial charge in [0, 0.05) is 20.1 Å². The number of halogens is 2. The zero-order chi connectivity index (χ0) is 18.7. The average molecular weight is 358 g/mol. The lowest BCUT2D eigenvalue weighted by Gasteiger charge is -2.33. The molecule has 0 amide bonds. The predicted octanol–water partition coefficient (Wildman–Crippen LogP) is 5.20. The number of aliphatic hydroxyl groups is 1.